The maximum absolute atomic E-state index is 12.6. The van der Waals surface area contributed by atoms with Crippen LogP contribution in [0, 0.1) is 6.92 Å². The molecule has 0 amide bonds. The van der Waals surface area contributed by atoms with Crippen molar-refractivity contribution in [1.29, 1.82) is 0 Å². The fraction of sp³-hybridized carbons (Fsp3) is 0.263. The highest BCUT2D eigenvalue weighted by Crippen LogP contribution is 2.32. The summed E-state index contributed by atoms with van der Waals surface area (Å²) in [6.07, 6.45) is 0. The number of carbonyl (C=O) groups excluding carboxylic acids is 1. The first-order chi connectivity index (χ1) is 11.5. The maximum Gasteiger partial charge on any atom is 0.351 e. The third-order valence-corrected chi connectivity index (χ3v) is 4.12. The predicted octanol–water partition coefficient (Wildman–Crippen LogP) is 2.68. The molecular weight excluding hydrogens is 304 g/mol. The molecule has 0 aliphatic rings. The van der Waals surface area contributed by atoms with E-state index in [-0.39, 0.29) is 12.4 Å². The molecule has 0 saturated carbocycles. The molecule has 1 heterocycles. The lowest BCUT2D eigenvalue weighted by Gasteiger charge is -2.25. The molecule has 1 atom stereocenters. The van der Waals surface area contributed by atoms with Crippen molar-refractivity contribution in [3.8, 4) is 0 Å². The minimum atomic E-state index is -1.96. The Kier molecular flexibility index (Phi) is 4.11. The van der Waals surface area contributed by atoms with E-state index < -0.39 is 11.6 Å². The maximum atomic E-state index is 12.6. The third-order valence-electron chi connectivity index (χ3n) is 4.12. The van der Waals surface area contributed by atoms with Crippen LogP contribution in [0.1, 0.15) is 23.9 Å². The summed E-state index contributed by atoms with van der Waals surface area (Å²) in [5.41, 5.74) is 1.12. The summed E-state index contributed by atoms with van der Waals surface area (Å²) in [7, 11) is 1.79. The van der Waals surface area contributed by atoms with Crippen LogP contribution in [0.25, 0.3) is 11.0 Å². The quantitative estimate of drug-likeness (QED) is 0.750. The zero-order chi connectivity index (χ0) is 17.3. The van der Waals surface area contributed by atoms with Gasteiger partial charge in [-0.1, -0.05) is 36.4 Å². The van der Waals surface area contributed by atoms with Gasteiger partial charge in [0.2, 0.25) is 5.60 Å². The molecule has 0 aliphatic heterocycles. The number of aryl methyl sites for hydroxylation is 2. The van der Waals surface area contributed by atoms with E-state index in [0.717, 1.165) is 16.6 Å². The minimum absolute atomic E-state index is 0.178. The van der Waals surface area contributed by atoms with E-state index >= 15 is 0 Å². The van der Waals surface area contributed by atoms with E-state index in [1.165, 1.54) is 0 Å². The van der Waals surface area contributed by atoms with Crippen molar-refractivity contribution in [2.45, 2.75) is 19.4 Å². The van der Waals surface area contributed by atoms with Crippen LogP contribution in [0.2, 0.25) is 0 Å². The van der Waals surface area contributed by atoms with Crippen LogP contribution in [-0.2, 0) is 22.2 Å². The second-order valence-corrected chi connectivity index (χ2v) is 5.78. The first-order valence-electron chi connectivity index (χ1n) is 7.87. The second-order valence-electron chi connectivity index (χ2n) is 5.78. The average molecular weight is 324 g/mol. The highest BCUT2D eigenvalue weighted by atomic mass is 16.5. The summed E-state index contributed by atoms with van der Waals surface area (Å²) < 4.78 is 6.89. The van der Waals surface area contributed by atoms with Gasteiger partial charge in [-0.05, 0) is 31.5 Å². The van der Waals surface area contributed by atoms with E-state index in [2.05, 4.69) is 4.98 Å². The summed E-state index contributed by atoms with van der Waals surface area (Å²) in [6, 6.07) is 14.6. The lowest BCUT2D eigenvalue weighted by atomic mass is 9.93. The van der Waals surface area contributed by atoms with Gasteiger partial charge in [0.1, 0.15) is 0 Å². The van der Waals surface area contributed by atoms with Crippen LogP contribution in [0.4, 0.5) is 0 Å². The van der Waals surface area contributed by atoms with Crippen molar-refractivity contribution in [3.05, 3.63) is 65.5 Å². The molecular formula is C19H20N2O3. The lowest BCUT2D eigenvalue weighted by Crippen LogP contribution is -2.41. The van der Waals surface area contributed by atoms with E-state index in [9.17, 15) is 9.90 Å². The number of aromatic nitrogens is 2. The Hall–Kier alpha value is -2.66. The average Bonchev–Trinajstić information content (AvgIpc) is 2.92. The molecule has 1 N–H and O–H groups in total. The Morgan fingerprint density at radius 1 is 1.25 bits per heavy atom. The van der Waals surface area contributed by atoms with Crippen LogP contribution in [0.5, 0.6) is 0 Å². The molecule has 2 aromatic carbocycles. The monoisotopic (exact) mass is 324 g/mol. The van der Waals surface area contributed by atoms with Gasteiger partial charge in [0.05, 0.1) is 17.6 Å². The SMILES string of the molecule is CCOC(=O)C(O)(c1ccccc1)c1nc2ccc(C)cc2n1C. The van der Waals surface area contributed by atoms with Crippen molar-refractivity contribution in [2.24, 2.45) is 7.05 Å². The molecule has 0 spiro atoms. The Labute approximate surface area is 140 Å². The highest BCUT2D eigenvalue weighted by Gasteiger charge is 2.45. The normalized spacial score (nSPS) is 13.7. The zero-order valence-electron chi connectivity index (χ0n) is 14.0. The van der Waals surface area contributed by atoms with Crippen molar-refractivity contribution >= 4 is 17.0 Å². The molecule has 5 nitrogen and oxygen atoms in total. The molecule has 124 valence electrons. The zero-order valence-corrected chi connectivity index (χ0v) is 14.0. The Balaban J connectivity index is 2.27. The number of rotatable bonds is 4. The van der Waals surface area contributed by atoms with Gasteiger partial charge in [-0.3, -0.25) is 0 Å². The number of aliphatic hydroxyl groups is 1. The van der Waals surface area contributed by atoms with E-state index in [0.29, 0.717) is 5.56 Å². The standard InChI is InChI=1S/C19H20N2O3/c1-4-24-18(22)19(23,14-8-6-5-7-9-14)17-20-15-11-10-13(2)12-16(15)21(17)3/h5-12,23H,4H2,1-3H3. The van der Waals surface area contributed by atoms with Gasteiger partial charge in [-0.2, -0.15) is 0 Å². The number of fused-ring (bicyclic) bond motifs is 1. The molecule has 1 unspecified atom stereocenters. The van der Waals surface area contributed by atoms with Gasteiger partial charge < -0.3 is 14.4 Å². The smallest absolute Gasteiger partial charge is 0.351 e. The van der Waals surface area contributed by atoms with Crippen molar-refractivity contribution in [3.63, 3.8) is 0 Å². The number of hydrogen-bond donors (Lipinski definition) is 1. The fourth-order valence-corrected chi connectivity index (χ4v) is 2.88. The van der Waals surface area contributed by atoms with Gasteiger partial charge in [0, 0.05) is 12.6 Å². The van der Waals surface area contributed by atoms with E-state index in [1.54, 1.807) is 42.8 Å². The van der Waals surface area contributed by atoms with Crippen molar-refractivity contribution in [2.75, 3.05) is 6.61 Å². The van der Waals surface area contributed by atoms with Crippen LogP contribution >= 0.6 is 0 Å². The molecule has 5 heteroatoms. The number of carbonyl (C=O) groups is 1. The molecule has 0 aliphatic carbocycles. The van der Waals surface area contributed by atoms with Gasteiger partial charge in [0.15, 0.2) is 5.82 Å². The molecule has 0 saturated heterocycles. The first-order valence-corrected chi connectivity index (χ1v) is 7.87. The fourth-order valence-electron chi connectivity index (χ4n) is 2.88. The van der Waals surface area contributed by atoms with Gasteiger partial charge >= 0.3 is 5.97 Å². The Morgan fingerprint density at radius 3 is 2.62 bits per heavy atom. The number of benzene rings is 2. The summed E-state index contributed by atoms with van der Waals surface area (Å²) in [5, 5.41) is 11.3. The van der Waals surface area contributed by atoms with E-state index in [4.69, 9.17) is 4.74 Å². The van der Waals surface area contributed by atoms with Crippen LogP contribution in [-0.4, -0.2) is 27.2 Å². The molecule has 3 rings (SSSR count). The summed E-state index contributed by atoms with van der Waals surface area (Å²) in [4.78, 5) is 17.2. The molecule has 3 aromatic rings. The number of nitrogens with zero attached hydrogens (tertiary/aromatic N) is 2. The summed E-state index contributed by atoms with van der Waals surface area (Å²) >= 11 is 0. The first kappa shape index (κ1) is 16.2. The predicted molar refractivity (Wildman–Crippen MR) is 91.5 cm³/mol. The molecule has 0 radical (unpaired) electrons. The van der Waals surface area contributed by atoms with E-state index in [1.807, 2.05) is 31.2 Å². The molecule has 0 bridgehead atoms. The summed E-state index contributed by atoms with van der Waals surface area (Å²) in [5.74, 6) is -0.487. The number of hydrogen-bond acceptors (Lipinski definition) is 4. The highest BCUT2D eigenvalue weighted by molar-refractivity contribution is 5.86. The largest absolute Gasteiger partial charge is 0.463 e. The van der Waals surface area contributed by atoms with Gasteiger partial charge in [-0.15, -0.1) is 0 Å². The number of ether oxygens (including phenoxy) is 1. The topological polar surface area (TPSA) is 64.3 Å². The molecule has 24 heavy (non-hydrogen) atoms. The molecule has 1 aromatic heterocycles. The third kappa shape index (κ3) is 2.47. The minimum Gasteiger partial charge on any atom is -0.463 e. The number of esters is 1. The van der Waals surface area contributed by atoms with Gasteiger partial charge in [-0.25, -0.2) is 9.78 Å². The van der Waals surface area contributed by atoms with Crippen LogP contribution in [0.3, 0.4) is 0 Å². The Bertz CT molecular complexity index is 886. The number of imidazole rings is 1. The molecule has 0 fully saturated rings. The van der Waals surface area contributed by atoms with Crippen LogP contribution in [0.15, 0.2) is 48.5 Å². The van der Waals surface area contributed by atoms with Crippen molar-refractivity contribution < 1.29 is 14.6 Å². The van der Waals surface area contributed by atoms with Crippen molar-refractivity contribution in [1.82, 2.24) is 9.55 Å². The summed E-state index contributed by atoms with van der Waals surface area (Å²) in [6.45, 7) is 3.87. The lowest BCUT2D eigenvalue weighted by molar-refractivity contribution is -0.162. The van der Waals surface area contributed by atoms with Gasteiger partial charge in [0.25, 0.3) is 0 Å². The second kappa shape index (κ2) is 6.09. The van der Waals surface area contributed by atoms with Crippen LogP contribution < -0.4 is 0 Å². The Morgan fingerprint density at radius 2 is 1.96 bits per heavy atom.